The molecule has 0 spiro atoms. The average Bonchev–Trinajstić information content (AvgIpc) is 3.36. The summed E-state index contributed by atoms with van der Waals surface area (Å²) in [4.78, 5) is 9.36. The Labute approximate surface area is 177 Å². The minimum absolute atomic E-state index is 0. The first-order chi connectivity index (χ1) is 12.6. The molecule has 0 amide bonds. The zero-order valence-electron chi connectivity index (χ0n) is 18.0. The summed E-state index contributed by atoms with van der Waals surface area (Å²) in [6.45, 7) is 17.8. The topological polar surface area (TPSA) is 18.8 Å². The maximum absolute atomic E-state index is 4.38. The SMILES string of the molecule is C.C.CC.CC(C)N1CCCC1.CC(C)N=Cc1ccc(N2CCCC2)cc1. The third-order valence-electron chi connectivity index (χ3n) is 4.76. The Morgan fingerprint density at radius 3 is 1.64 bits per heavy atom. The van der Waals surface area contributed by atoms with Gasteiger partial charge >= 0.3 is 0 Å². The van der Waals surface area contributed by atoms with Crippen LogP contribution in [0.15, 0.2) is 29.3 Å². The minimum Gasteiger partial charge on any atom is -0.372 e. The van der Waals surface area contributed by atoms with Gasteiger partial charge in [-0.05, 0) is 84.2 Å². The molecule has 0 radical (unpaired) electrons. The standard InChI is InChI=1S/C14H20N2.C7H15N.C2H6.2CH4/c1-12(2)15-11-13-5-7-14(8-6-13)16-9-3-4-10-16;1-7(2)8-5-3-4-6-8;1-2;;/h5-8,11-12H,3-4,9-10H2,1-2H3;7H,3-6H2,1-2H3;1-2H3;2*1H4. The predicted molar refractivity (Wildman–Crippen MR) is 131 cm³/mol. The highest BCUT2D eigenvalue weighted by molar-refractivity contribution is 5.80. The molecule has 28 heavy (non-hydrogen) atoms. The molecule has 0 aliphatic carbocycles. The molecule has 0 atom stereocenters. The molecule has 3 rings (SSSR count). The second-order valence-corrected chi connectivity index (χ2v) is 7.49. The van der Waals surface area contributed by atoms with Gasteiger partial charge in [0.25, 0.3) is 0 Å². The van der Waals surface area contributed by atoms with Crippen LogP contribution in [-0.2, 0) is 0 Å². The van der Waals surface area contributed by atoms with E-state index in [-0.39, 0.29) is 14.9 Å². The van der Waals surface area contributed by atoms with Gasteiger partial charge in [0, 0.05) is 37.1 Å². The van der Waals surface area contributed by atoms with Crippen LogP contribution >= 0.6 is 0 Å². The molecule has 3 nitrogen and oxygen atoms in total. The van der Waals surface area contributed by atoms with Crippen LogP contribution in [0.25, 0.3) is 0 Å². The second-order valence-electron chi connectivity index (χ2n) is 7.49. The molecular formula is C25H49N3. The number of rotatable bonds is 4. The molecule has 0 bridgehead atoms. The Balaban J connectivity index is 0. The number of hydrogen-bond donors (Lipinski definition) is 0. The number of hydrogen-bond acceptors (Lipinski definition) is 3. The highest BCUT2D eigenvalue weighted by atomic mass is 15.2. The van der Waals surface area contributed by atoms with Crippen molar-refractivity contribution in [2.24, 2.45) is 4.99 Å². The van der Waals surface area contributed by atoms with E-state index in [0.29, 0.717) is 6.04 Å². The lowest BCUT2D eigenvalue weighted by atomic mass is 10.2. The van der Waals surface area contributed by atoms with Crippen molar-refractivity contribution in [3.05, 3.63) is 29.8 Å². The second kappa shape index (κ2) is 16.6. The van der Waals surface area contributed by atoms with Crippen molar-refractivity contribution >= 4 is 11.9 Å². The summed E-state index contributed by atoms with van der Waals surface area (Å²) >= 11 is 0. The minimum atomic E-state index is 0. The van der Waals surface area contributed by atoms with Crippen molar-refractivity contribution < 1.29 is 0 Å². The van der Waals surface area contributed by atoms with Gasteiger partial charge in [0.1, 0.15) is 0 Å². The molecule has 0 saturated carbocycles. The van der Waals surface area contributed by atoms with Gasteiger partial charge in [0.05, 0.1) is 0 Å². The Bertz CT molecular complexity index is 479. The Morgan fingerprint density at radius 1 is 0.786 bits per heavy atom. The maximum Gasteiger partial charge on any atom is 0.0443 e. The van der Waals surface area contributed by atoms with Crippen molar-refractivity contribution in [1.82, 2.24) is 4.90 Å². The molecular weight excluding hydrogens is 342 g/mol. The molecule has 1 aromatic rings. The summed E-state index contributed by atoms with van der Waals surface area (Å²) in [5, 5.41) is 0. The summed E-state index contributed by atoms with van der Waals surface area (Å²) in [6.07, 6.45) is 7.45. The molecule has 0 unspecified atom stereocenters. The third kappa shape index (κ3) is 10.8. The summed E-state index contributed by atoms with van der Waals surface area (Å²) in [5.74, 6) is 0. The molecule has 1 aromatic carbocycles. The molecule has 2 fully saturated rings. The van der Waals surface area contributed by atoms with Crippen LogP contribution in [0.5, 0.6) is 0 Å². The predicted octanol–water partition coefficient (Wildman–Crippen LogP) is 6.90. The number of benzene rings is 1. The molecule has 0 aromatic heterocycles. The fourth-order valence-corrected chi connectivity index (χ4v) is 3.24. The number of likely N-dealkylation sites (tertiary alicyclic amines) is 1. The fourth-order valence-electron chi connectivity index (χ4n) is 3.24. The van der Waals surface area contributed by atoms with Crippen LogP contribution in [0.1, 0.15) is 87.6 Å². The number of nitrogens with zero attached hydrogens (tertiary/aromatic N) is 3. The van der Waals surface area contributed by atoms with E-state index in [0.717, 1.165) is 6.04 Å². The summed E-state index contributed by atoms with van der Waals surface area (Å²) in [5.41, 5.74) is 2.54. The average molecular weight is 392 g/mol. The molecule has 2 saturated heterocycles. The van der Waals surface area contributed by atoms with Crippen LogP contribution < -0.4 is 4.90 Å². The van der Waals surface area contributed by atoms with E-state index in [1.54, 1.807) is 0 Å². The first kappa shape index (κ1) is 28.9. The number of aliphatic imine (C=N–C) groups is 1. The first-order valence-corrected chi connectivity index (χ1v) is 10.7. The smallest absolute Gasteiger partial charge is 0.0443 e. The monoisotopic (exact) mass is 391 g/mol. The Hall–Kier alpha value is -1.35. The maximum atomic E-state index is 4.38. The van der Waals surface area contributed by atoms with Crippen molar-refractivity contribution in [3.8, 4) is 0 Å². The van der Waals surface area contributed by atoms with E-state index in [9.17, 15) is 0 Å². The highest BCUT2D eigenvalue weighted by Gasteiger charge is 2.13. The zero-order valence-corrected chi connectivity index (χ0v) is 18.0. The van der Waals surface area contributed by atoms with Crippen LogP contribution in [-0.4, -0.2) is 49.4 Å². The van der Waals surface area contributed by atoms with Crippen molar-refractivity contribution in [1.29, 1.82) is 0 Å². The lowest BCUT2D eigenvalue weighted by Gasteiger charge is -2.18. The molecule has 2 aliphatic rings. The summed E-state index contributed by atoms with van der Waals surface area (Å²) < 4.78 is 0. The first-order valence-electron chi connectivity index (χ1n) is 10.7. The van der Waals surface area contributed by atoms with Crippen LogP contribution in [0.4, 0.5) is 5.69 Å². The van der Waals surface area contributed by atoms with Gasteiger partial charge in [0.15, 0.2) is 0 Å². The van der Waals surface area contributed by atoms with Crippen molar-refractivity contribution in [2.75, 3.05) is 31.1 Å². The van der Waals surface area contributed by atoms with Gasteiger partial charge in [0.2, 0.25) is 0 Å². The summed E-state index contributed by atoms with van der Waals surface area (Å²) in [6, 6.07) is 9.86. The van der Waals surface area contributed by atoms with Crippen LogP contribution in [0.2, 0.25) is 0 Å². The molecule has 164 valence electrons. The van der Waals surface area contributed by atoms with E-state index in [2.05, 4.69) is 66.8 Å². The van der Waals surface area contributed by atoms with E-state index in [4.69, 9.17) is 0 Å². The van der Waals surface area contributed by atoms with Crippen molar-refractivity contribution in [2.45, 2.75) is 94.2 Å². The molecule has 0 N–H and O–H groups in total. The van der Waals surface area contributed by atoms with Crippen LogP contribution in [0.3, 0.4) is 0 Å². The van der Waals surface area contributed by atoms with Gasteiger partial charge < -0.3 is 9.80 Å². The third-order valence-corrected chi connectivity index (χ3v) is 4.76. The van der Waals surface area contributed by atoms with Gasteiger partial charge in [-0.3, -0.25) is 4.99 Å². The number of anilines is 1. The lowest BCUT2D eigenvalue weighted by Crippen LogP contribution is -2.26. The van der Waals surface area contributed by atoms with Crippen LogP contribution in [0, 0.1) is 0 Å². The lowest BCUT2D eigenvalue weighted by molar-refractivity contribution is 0.276. The summed E-state index contributed by atoms with van der Waals surface area (Å²) in [7, 11) is 0. The van der Waals surface area contributed by atoms with Gasteiger partial charge in [-0.1, -0.05) is 40.8 Å². The molecule has 3 heteroatoms. The van der Waals surface area contributed by atoms with E-state index >= 15 is 0 Å². The van der Waals surface area contributed by atoms with E-state index in [1.165, 1.54) is 63.1 Å². The van der Waals surface area contributed by atoms with Gasteiger partial charge in [-0.2, -0.15) is 0 Å². The Morgan fingerprint density at radius 2 is 1.25 bits per heavy atom. The zero-order chi connectivity index (χ0) is 19.4. The van der Waals surface area contributed by atoms with Crippen molar-refractivity contribution in [3.63, 3.8) is 0 Å². The fraction of sp³-hybridized carbons (Fsp3) is 0.720. The molecule has 2 aliphatic heterocycles. The largest absolute Gasteiger partial charge is 0.372 e. The normalized spacial score (nSPS) is 16.2. The Kier molecular flexibility index (Phi) is 17.1. The quantitative estimate of drug-likeness (QED) is 0.520. The van der Waals surface area contributed by atoms with E-state index < -0.39 is 0 Å². The molecule has 2 heterocycles. The van der Waals surface area contributed by atoms with E-state index in [1.807, 2.05) is 20.1 Å². The van der Waals surface area contributed by atoms with Gasteiger partial charge in [-0.25, -0.2) is 0 Å². The highest BCUT2D eigenvalue weighted by Crippen LogP contribution is 2.19. The van der Waals surface area contributed by atoms with Gasteiger partial charge in [-0.15, -0.1) is 0 Å².